The number of carboxylic acids is 1. The number of carbonyl (C=O) groups is 4. The lowest BCUT2D eigenvalue weighted by molar-refractivity contribution is -0.142. The third-order valence-corrected chi connectivity index (χ3v) is 5.31. The van der Waals surface area contributed by atoms with Gasteiger partial charge in [-0.1, -0.05) is 48.0 Å². The van der Waals surface area contributed by atoms with Crippen LogP contribution in [0, 0.1) is 17.8 Å². The first-order valence-electron chi connectivity index (χ1n) is 10.4. The highest BCUT2D eigenvalue weighted by Crippen LogP contribution is 2.09. The third kappa shape index (κ3) is 9.34. The molecule has 9 nitrogen and oxygen atoms in total. The zero-order chi connectivity index (χ0) is 23.6. The fourth-order valence-corrected chi connectivity index (χ4v) is 2.97. The van der Waals surface area contributed by atoms with E-state index in [0.717, 1.165) is 6.42 Å². The van der Waals surface area contributed by atoms with Crippen LogP contribution in [0.5, 0.6) is 0 Å². The Morgan fingerprint density at radius 3 is 1.83 bits per heavy atom. The van der Waals surface area contributed by atoms with Gasteiger partial charge in [0.25, 0.3) is 0 Å². The predicted molar refractivity (Wildman–Crippen MR) is 119 cm³/mol. The van der Waals surface area contributed by atoms with Crippen LogP contribution in [-0.4, -0.2) is 58.7 Å². The highest BCUT2D eigenvalue weighted by atomic mass is 32.1. The SMILES string of the molecule is CCC(C)C(N)C(=O)NC(C(=O)NC(CS)C(=O)NC(CC(C)C)C(=O)O)C(C)C. The first kappa shape index (κ1) is 28.2. The van der Waals surface area contributed by atoms with Gasteiger partial charge in [-0.05, 0) is 24.2 Å². The van der Waals surface area contributed by atoms with E-state index in [0.29, 0.717) is 0 Å². The van der Waals surface area contributed by atoms with Crippen LogP contribution in [0.15, 0.2) is 0 Å². The predicted octanol–water partition coefficient (Wildman–Crippen LogP) is 0.531. The summed E-state index contributed by atoms with van der Waals surface area (Å²) < 4.78 is 0. The molecule has 3 amide bonds. The van der Waals surface area contributed by atoms with E-state index >= 15 is 0 Å². The number of nitrogens with one attached hydrogen (secondary N) is 3. The summed E-state index contributed by atoms with van der Waals surface area (Å²) in [5.41, 5.74) is 5.94. The highest BCUT2D eigenvalue weighted by molar-refractivity contribution is 7.80. The van der Waals surface area contributed by atoms with Gasteiger partial charge in [0, 0.05) is 5.75 Å². The molecule has 0 aliphatic heterocycles. The number of amides is 3. The number of carboxylic acid groups (broad SMARTS) is 1. The van der Waals surface area contributed by atoms with Crippen molar-refractivity contribution in [1.29, 1.82) is 0 Å². The van der Waals surface area contributed by atoms with Crippen molar-refractivity contribution in [3.63, 3.8) is 0 Å². The largest absolute Gasteiger partial charge is 0.480 e. The van der Waals surface area contributed by atoms with Crippen molar-refractivity contribution in [3.8, 4) is 0 Å². The summed E-state index contributed by atoms with van der Waals surface area (Å²) in [6, 6.07) is -3.75. The van der Waals surface area contributed by atoms with Crippen LogP contribution in [0.2, 0.25) is 0 Å². The van der Waals surface area contributed by atoms with E-state index in [1.165, 1.54) is 0 Å². The van der Waals surface area contributed by atoms with Crippen molar-refractivity contribution in [2.75, 3.05) is 5.75 Å². The van der Waals surface area contributed by atoms with Crippen LogP contribution >= 0.6 is 12.6 Å². The number of thiol groups is 1. The third-order valence-electron chi connectivity index (χ3n) is 4.94. The summed E-state index contributed by atoms with van der Waals surface area (Å²) in [6.07, 6.45) is 0.975. The molecule has 174 valence electrons. The molecule has 5 unspecified atom stereocenters. The zero-order valence-corrected chi connectivity index (χ0v) is 19.7. The van der Waals surface area contributed by atoms with Crippen LogP contribution in [0.1, 0.15) is 54.4 Å². The van der Waals surface area contributed by atoms with Gasteiger partial charge in [-0.25, -0.2) is 4.79 Å². The second-order valence-electron chi connectivity index (χ2n) is 8.41. The summed E-state index contributed by atoms with van der Waals surface area (Å²) in [7, 11) is 0. The number of nitrogens with two attached hydrogens (primary N) is 1. The molecule has 0 spiro atoms. The topological polar surface area (TPSA) is 151 Å². The van der Waals surface area contributed by atoms with Gasteiger partial charge in [-0.3, -0.25) is 14.4 Å². The van der Waals surface area contributed by atoms with Crippen molar-refractivity contribution in [1.82, 2.24) is 16.0 Å². The van der Waals surface area contributed by atoms with Gasteiger partial charge < -0.3 is 26.8 Å². The fourth-order valence-electron chi connectivity index (χ4n) is 2.72. The molecule has 0 saturated carbocycles. The average molecular weight is 447 g/mol. The fraction of sp³-hybridized carbons (Fsp3) is 0.800. The van der Waals surface area contributed by atoms with Gasteiger partial charge in [0.15, 0.2) is 0 Å². The van der Waals surface area contributed by atoms with Crippen molar-refractivity contribution in [2.45, 2.75) is 78.6 Å². The number of hydrogen-bond donors (Lipinski definition) is 6. The van der Waals surface area contributed by atoms with Crippen molar-refractivity contribution in [3.05, 3.63) is 0 Å². The maximum absolute atomic E-state index is 12.8. The first-order chi connectivity index (χ1) is 13.8. The molecule has 30 heavy (non-hydrogen) atoms. The van der Waals surface area contributed by atoms with Gasteiger partial charge in [0.05, 0.1) is 6.04 Å². The summed E-state index contributed by atoms with van der Waals surface area (Å²) in [4.78, 5) is 49.1. The molecule has 0 rings (SSSR count). The lowest BCUT2D eigenvalue weighted by atomic mass is 9.97. The van der Waals surface area contributed by atoms with Crippen LogP contribution in [0.3, 0.4) is 0 Å². The number of carbonyl (C=O) groups excluding carboxylic acids is 3. The Bertz CT molecular complexity index is 600. The Kier molecular flexibility index (Phi) is 12.7. The summed E-state index contributed by atoms with van der Waals surface area (Å²) in [5, 5.41) is 17.0. The van der Waals surface area contributed by atoms with Gasteiger partial charge in [0.1, 0.15) is 18.1 Å². The van der Waals surface area contributed by atoms with Crippen molar-refractivity contribution >= 4 is 36.3 Å². The zero-order valence-electron chi connectivity index (χ0n) is 18.8. The van der Waals surface area contributed by atoms with E-state index in [2.05, 4.69) is 28.6 Å². The molecule has 10 heteroatoms. The van der Waals surface area contributed by atoms with Crippen LogP contribution in [0.25, 0.3) is 0 Å². The molecule has 0 fully saturated rings. The standard InChI is InChI=1S/C20H38N4O5S/c1-7-12(6)15(21)18(26)24-16(11(4)5)19(27)23-14(9-30)17(25)22-13(20(28)29)8-10(2)3/h10-16,30H,7-9,21H2,1-6H3,(H,22,25)(H,23,27)(H,24,26)(H,28,29). The minimum absolute atomic E-state index is 0.0310. The van der Waals surface area contributed by atoms with E-state index in [4.69, 9.17) is 5.73 Å². The molecule has 6 N–H and O–H groups in total. The minimum atomic E-state index is -1.15. The van der Waals surface area contributed by atoms with Crippen molar-refractivity contribution < 1.29 is 24.3 Å². The molecular formula is C20H38N4O5S. The normalized spacial score (nSPS) is 16.3. The van der Waals surface area contributed by atoms with E-state index in [9.17, 15) is 24.3 Å². The molecule has 0 aliphatic carbocycles. The molecule has 0 heterocycles. The smallest absolute Gasteiger partial charge is 0.326 e. The maximum Gasteiger partial charge on any atom is 0.326 e. The van der Waals surface area contributed by atoms with Crippen molar-refractivity contribution in [2.24, 2.45) is 23.5 Å². The van der Waals surface area contributed by atoms with Gasteiger partial charge >= 0.3 is 5.97 Å². The number of aliphatic carboxylic acids is 1. The van der Waals surface area contributed by atoms with E-state index < -0.39 is 47.9 Å². The van der Waals surface area contributed by atoms with E-state index in [1.807, 2.05) is 27.7 Å². The first-order valence-corrected chi connectivity index (χ1v) is 11.0. The lowest BCUT2D eigenvalue weighted by Crippen LogP contribution is -2.59. The molecular weight excluding hydrogens is 408 g/mol. The highest BCUT2D eigenvalue weighted by Gasteiger charge is 2.32. The second-order valence-corrected chi connectivity index (χ2v) is 8.78. The Morgan fingerprint density at radius 2 is 1.43 bits per heavy atom. The van der Waals surface area contributed by atoms with Crippen LogP contribution < -0.4 is 21.7 Å². The number of hydrogen-bond acceptors (Lipinski definition) is 6. The monoisotopic (exact) mass is 446 g/mol. The second kappa shape index (κ2) is 13.5. The summed E-state index contributed by atoms with van der Waals surface area (Å²) in [6.45, 7) is 11.0. The molecule has 0 bridgehead atoms. The van der Waals surface area contributed by atoms with Crippen LogP contribution in [-0.2, 0) is 19.2 Å². The number of rotatable bonds is 13. The van der Waals surface area contributed by atoms with Crippen LogP contribution in [0.4, 0.5) is 0 Å². The molecule has 5 atom stereocenters. The maximum atomic E-state index is 12.8. The van der Waals surface area contributed by atoms with Gasteiger partial charge in [-0.2, -0.15) is 12.6 Å². The quantitative estimate of drug-likeness (QED) is 0.227. The molecule has 0 aromatic heterocycles. The average Bonchev–Trinajstić information content (AvgIpc) is 2.66. The molecule has 0 aromatic rings. The summed E-state index contributed by atoms with van der Waals surface area (Å²) >= 11 is 4.11. The molecule has 0 saturated heterocycles. The summed E-state index contributed by atoms with van der Waals surface area (Å²) in [5.74, 6) is -3.06. The van der Waals surface area contributed by atoms with Gasteiger partial charge in [-0.15, -0.1) is 0 Å². The Morgan fingerprint density at radius 1 is 0.900 bits per heavy atom. The van der Waals surface area contributed by atoms with E-state index in [-0.39, 0.29) is 29.9 Å². The van der Waals surface area contributed by atoms with E-state index in [1.54, 1.807) is 13.8 Å². The molecule has 0 radical (unpaired) electrons. The van der Waals surface area contributed by atoms with Gasteiger partial charge in [0.2, 0.25) is 17.7 Å². The Labute approximate surface area is 184 Å². The Balaban J connectivity index is 5.20. The molecule has 0 aromatic carbocycles. The molecule has 0 aliphatic rings. The lowest BCUT2D eigenvalue weighted by Gasteiger charge is -2.27. The minimum Gasteiger partial charge on any atom is -0.480 e. The Hall–Kier alpha value is -1.81.